The molecule has 1 saturated heterocycles. The van der Waals surface area contributed by atoms with Gasteiger partial charge in [0.2, 0.25) is 11.7 Å². The number of carbonyl (C=O) groups excluding carboxylic acids is 1. The lowest BCUT2D eigenvalue weighted by atomic mass is 10.1. The largest absolute Gasteiger partial charge is 0.339 e. The Labute approximate surface area is 169 Å². The molecule has 2 aliphatic rings. The Kier molecular flexibility index (Phi) is 4.34. The molecular formula is C21H24N6O2. The van der Waals surface area contributed by atoms with Crippen molar-refractivity contribution in [2.75, 3.05) is 18.0 Å². The van der Waals surface area contributed by atoms with Gasteiger partial charge in [0, 0.05) is 19.0 Å². The maximum Gasteiger partial charge on any atom is 0.324 e. The van der Waals surface area contributed by atoms with E-state index in [1.807, 2.05) is 52.5 Å². The lowest BCUT2D eigenvalue weighted by molar-refractivity contribution is 0.192. The fraction of sp³-hybridized carbons (Fsp3) is 0.429. The quantitative estimate of drug-likeness (QED) is 0.659. The molecule has 2 aromatic heterocycles. The van der Waals surface area contributed by atoms with E-state index in [-0.39, 0.29) is 11.9 Å². The molecule has 0 atom stereocenters. The van der Waals surface area contributed by atoms with Crippen LogP contribution in [-0.4, -0.2) is 43.7 Å². The molecular weight excluding hydrogens is 368 g/mol. The Bertz CT molecular complexity index is 1050. The number of imidazole rings is 1. The zero-order chi connectivity index (χ0) is 20.0. The van der Waals surface area contributed by atoms with Gasteiger partial charge in [-0.2, -0.15) is 4.98 Å². The minimum absolute atomic E-state index is 0.0477. The van der Waals surface area contributed by atoms with Gasteiger partial charge in [0.05, 0.1) is 23.6 Å². The van der Waals surface area contributed by atoms with Crippen LogP contribution in [0.4, 0.5) is 10.5 Å². The van der Waals surface area contributed by atoms with Gasteiger partial charge in [-0.05, 0) is 31.4 Å². The second kappa shape index (κ2) is 7.02. The number of likely N-dealkylation sites (tertiary alicyclic amines) is 1. The number of hydrogen-bond donors (Lipinski definition) is 0. The molecule has 0 saturated carbocycles. The van der Waals surface area contributed by atoms with Crippen molar-refractivity contribution in [3.05, 3.63) is 42.2 Å². The first-order chi connectivity index (χ1) is 14.1. The highest BCUT2D eigenvalue weighted by atomic mass is 16.5. The van der Waals surface area contributed by atoms with Gasteiger partial charge in [-0.25, -0.2) is 9.78 Å². The monoisotopic (exact) mass is 392 g/mol. The number of amides is 2. The highest BCUT2D eigenvalue weighted by Crippen LogP contribution is 2.36. The first-order valence-corrected chi connectivity index (χ1v) is 10.2. The molecule has 0 radical (unpaired) electrons. The summed E-state index contributed by atoms with van der Waals surface area (Å²) in [7, 11) is 0. The molecule has 1 fully saturated rings. The molecule has 0 bridgehead atoms. The maximum atomic E-state index is 13.4. The molecule has 0 N–H and O–H groups in total. The van der Waals surface area contributed by atoms with Crippen molar-refractivity contribution >= 4 is 11.7 Å². The van der Waals surface area contributed by atoms with E-state index in [0.29, 0.717) is 24.0 Å². The third-order valence-corrected chi connectivity index (χ3v) is 5.61. The summed E-state index contributed by atoms with van der Waals surface area (Å²) in [6.07, 6.45) is 5.08. The van der Waals surface area contributed by atoms with E-state index in [4.69, 9.17) is 4.52 Å². The van der Waals surface area contributed by atoms with Crippen LogP contribution in [-0.2, 0) is 6.54 Å². The van der Waals surface area contributed by atoms with Gasteiger partial charge in [-0.1, -0.05) is 31.1 Å². The number of carbonyl (C=O) groups is 1. The summed E-state index contributed by atoms with van der Waals surface area (Å²) in [5, 5.41) is 4.13. The van der Waals surface area contributed by atoms with E-state index in [2.05, 4.69) is 15.1 Å². The normalized spacial score (nSPS) is 16.1. The number of aromatic nitrogens is 4. The number of rotatable bonds is 2. The predicted molar refractivity (Wildman–Crippen MR) is 108 cm³/mol. The van der Waals surface area contributed by atoms with Crippen LogP contribution < -0.4 is 4.90 Å². The van der Waals surface area contributed by atoms with Crippen LogP contribution in [0.15, 0.2) is 35.1 Å². The molecule has 29 heavy (non-hydrogen) atoms. The topological polar surface area (TPSA) is 80.3 Å². The fourth-order valence-corrected chi connectivity index (χ4v) is 4.04. The Hall–Kier alpha value is -3.16. The van der Waals surface area contributed by atoms with Crippen LogP contribution in [0, 0.1) is 0 Å². The Morgan fingerprint density at radius 3 is 2.59 bits per heavy atom. The smallest absolute Gasteiger partial charge is 0.324 e. The summed E-state index contributed by atoms with van der Waals surface area (Å²) in [5.74, 6) is 1.19. The maximum absolute atomic E-state index is 13.4. The Morgan fingerprint density at radius 1 is 1.10 bits per heavy atom. The summed E-state index contributed by atoms with van der Waals surface area (Å²) < 4.78 is 7.40. The second-order valence-corrected chi connectivity index (χ2v) is 7.93. The fourth-order valence-electron chi connectivity index (χ4n) is 4.04. The van der Waals surface area contributed by atoms with E-state index in [1.165, 1.54) is 6.42 Å². The predicted octanol–water partition coefficient (Wildman–Crippen LogP) is 3.97. The summed E-state index contributed by atoms with van der Waals surface area (Å²) in [5.41, 5.74) is 3.39. The number of urea groups is 1. The van der Waals surface area contributed by atoms with Crippen molar-refractivity contribution in [1.29, 1.82) is 0 Å². The standard InChI is InChI=1S/C21H24N6O2/c1-14(2)20-23-19(24-29-20)18-17-12-26(21(28)25-10-6-3-7-11-25)15-8-4-5-9-16(15)27(17)13-22-18/h4-5,8-9,13-14H,3,6-7,10-12H2,1-2H3. The zero-order valence-electron chi connectivity index (χ0n) is 16.7. The van der Waals surface area contributed by atoms with Crippen LogP contribution in [0.25, 0.3) is 17.2 Å². The third-order valence-electron chi connectivity index (χ3n) is 5.61. The van der Waals surface area contributed by atoms with Gasteiger partial charge in [0.1, 0.15) is 12.0 Å². The van der Waals surface area contributed by atoms with E-state index < -0.39 is 0 Å². The van der Waals surface area contributed by atoms with E-state index >= 15 is 0 Å². The van der Waals surface area contributed by atoms with Gasteiger partial charge in [0.15, 0.2) is 0 Å². The van der Waals surface area contributed by atoms with Crippen molar-refractivity contribution in [1.82, 2.24) is 24.6 Å². The highest BCUT2D eigenvalue weighted by Gasteiger charge is 2.33. The molecule has 8 heteroatoms. The summed E-state index contributed by atoms with van der Waals surface area (Å²) in [4.78, 5) is 26.2. The van der Waals surface area contributed by atoms with Gasteiger partial charge in [0.25, 0.3) is 0 Å². The van der Waals surface area contributed by atoms with Crippen molar-refractivity contribution in [2.24, 2.45) is 0 Å². The first kappa shape index (κ1) is 17.9. The Balaban J connectivity index is 1.56. The van der Waals surface area contributed by atoms with Crippen molar-refractivity contribution in [2.45, 2.75) is 45.6 Å². The van der Waals surface area contributed by atoms with E-state index in [1.54, 1.807) is 6.33 Å². The molecule has 150 valence electrons. The van der Waals surface area contributed by atoms with E-state index in [9.17, 15) is 4.79 Å². The number of para-hydroxylation sites is 2. The molecule has 1 aromatic carbocycles. The number of fused-ring (bicyclic) bond motifs is 3. The molecule has 8 nitrogen and oxygen atoms in total. The lowest BCUT2D eigenvalue weighted by Gasteiger charge is -2.36. The number of nitrogens with zero attached hydrogens (tertiary/aromatic N) is 6. The molecule has 0 aliphatic carbocycles. The third kappa shape index (κ3) is 2.99. The minimum atomic E-state index is 0.0477. The van der Waals surface area contributed by atoms with Crippen LogP contribution in [0.1, 0.15) is 50.6 Å². The van der Waals surface area contributed by atoms with E-state index in [0.717, 1.165) is 43.0 Å². The van der Waals surface area contributed by atoms with Crippen molar-refractivity contribution < 1.29 is 9.32 Å². The molecule has 3 aromatic rings. The molecule has 2 aliphatic heterocycles. The van der Waals surface area contributed by atoms with Gasteiger partial charge >= 0.3 is 6.03 Å². The van der Waals surface area contributed by atoms with Crippen LogP contribution in [0.3, 0.4) is 0 Å². The number of anilines is 1. The van der Waals surface area contributed by atoms with Crippen molar-refractivity contribution in [3.8, 4) is 17.2 Å². The second-order valence-electron chi connectivity index (χ2n) is 7.93. The molecule has 2 amide bonds. The minimum Gasteiger partial charge on any atom is -0.339 e. The number of piperidine rings is 1. The van der Waals surface area contributed by atoms with Gasteiger partial charge in [-0.15, -0.1) is 0 Å². The average molecular weight is 392 g/mol. The number of hydrogen-bond acceptors (Lipinski definition) is 5. The highest BCUT2D eigenvalue weighted by molar-refractivity contribution is 5.95. The average Bonchev–Trinajstić information content (AvgIpc) is 3.40. The molecule has 0 spiro atoms. The van der Waals surface area contributed by atoms with Crippen LogP contribution in [0.2, 0.25) is 0 Å². The van der Waals surface area contributed by atoms with Gasteiger partial charge in [-0.3, -0.25) is 9.47 Å². The van der Waals surface area contributed by atoms with Crippen LogP contribution >= 0.6 is 0 Å². The SMILES string of the molecule is CC(C)c1nc(-c2ncn3c2CN(C(=O)N2CCCCC2)c2ccccc2-3)no1. The molecule has 0 unspecified atom stereocenters. The number of benzene rings is 1. The molecule has 5 rings (SSSR count). The summed E-state index contributed by atoms with van der Waals surface area (Å²) >= 11 is 0. The summed E-state index contributed by atoms with van der Waals surface area (Å²) in [6.45, 7) is 6.07. The van der Waals surface area contributed by atoms with Crippen LogP contribution in [0.5, 0.6) is 0 Å². The first-order valence-electron chi connectivity index (χ1n) is 10.2. The zero-order valence-corrected chi connectivity index (χ0v) is 16.7. The Morgan fingerprint density at radius 2 is 1.86 bits per heavy atom. The lowest BCUT2D eigenvalue weighted by Crippen LogP contribution is -2.46. The van der Waals surface area contributed by atoms with Crippen molar-refractivity contribution in [3.63, 3.8) is 0 Å². The van der Waals surface area contributed by atoms with Gasteiger partial charge < -0.3 is 9.42 Å². The molecule has 4 heterocycles. The summed E-state index contributed by atoms with van der Waals surface area (Å²) in [6, 6.07) is 7.99.